The largest absolute Gasteiger partial charge is 0.373 e. The Hall–Kier alpha value is -1.97. The number of nitrogens with one attached hydrogen (secondary N) is 1. The molecule has 0 saturated carbocycles. The summed E-state index contributed by atoms with van der Waals surface area (Å²) in [4.78, 5) is 8.80. The molecule has 1 N–H and O–H groups in total. The zero-order valence-corrected chi connectivity index (χ0v) is 10.8. The van der Waals surface area contributed by atoms with E-state index in [-0.39, 0.29) is 5.82 Å². The molecule has 2 rings (SSSR count). The van der Waals surface area contributed by atoms with Gasteiger partial charge in [0.2, 0.25) is 0 Å². The van der Waals surface area contributed by atoms with Crippen LogP contribution in [-0.2, 0) is 6.42 Å². The van der Waals surface area contributed by atoms with Crippen LogP contribution < -0.4 is 5.32 Å². The van der Waals surface area contributed by atoms with Gasteiger partial charge in [0.1, 0.15) is 17.5 Å². The lowest BCUT2D eigenvalue weighted by molar-refractivity contribution is 0.612. The van der Waals surface area contributed by atoms with E-state index < -0.39 is 0 Å². The third-order valence-electron chi connectivity index (χ3n) is 2.98. The van der Waals surface area contributed by atoms with Crippen molar-refractivity contribution in [2.45, 2.75) is 20.3 Å². The van der Waals surface area contributed by atoms with Gasteiger partial charge in [-0.05, 0) is 25.5 Å². The van der Waals surface area contributed by atoms with Crippen LogP contribution in [-0.4, -0.2) is 17.0 Å². The molecule has 0 atom stereocenters. The Morgan fingerprint density at radius 2 is 1.89 bits per heavy atom. The zero-order valence-electron chi connectivity index (χ0n) is 10.8. The first kappa shape index (κ1) is 12.5. The van der Waals surface area contributed by atoms with Crippen LogP contribution in [0.3, 0.4) is 0 Å². The Bertz CT molecular complexity index is 567. The summed E-state index contributed by atoms with van der Waals surface area (Å²) in [6.07, 6.45) is 0.405. The number of rotatable bonds is 3. The van der Waals surface area contributed by atoms with Crippen LogP contribution in [0, 0.1) is 19.7 Å². The minimum Gasteiger partial charge on any atom is -0.373 e. The highest BCUT2D eigenvalue weighted by atomic mass is 19.1. The second-order valence-corrected chi connectivity index (χ2v) is 4.22. The van der Waals surface area contributed by atoms with Crippen molar-refractivity contribution in [2.24, 2.45) is 0 Å². The number of nitrogens with zero attached hydrogens (tertiary/aromatic N) is 2. The van der Waals surface area contributed by atoms with Gasteiger partial charge in [0.15, 0.2) is 0 Å². The normalized spacial score (nSPS) is 10.4. The molecule has 0 unspecified atom stereocenters. The van der Waals surface area contributed by atoms with Crippen molar-refractivity contribution in [2.75, 3.05) is 12.4 Å². The van der Waals surface area contributed by atoms with Crippen molar-refractivity contribution in [1.82, 2.24) is 9.97 Å². The van der Waals surface area contributed by atoms with E-state index in [4.69, 9.17) is 0 Å². The van der Waals surface area contributed by atoms with E-state index in [1.165, 1.54) is 6.07 Å². The number of anilines is 1. The van der Waals surface area contributed by atoms with Crippen LogP contribution in [0.2, 0.25) is 0 Å². The Balaban J connectivity index is 2.36. The SMILES string of the molecule is CNc1nc(Cc2ccccc2F)nc(C)c1C. The molecule has 0 radical (unpaired) electrons. The lowest BCUT2D eigenvalue weighted by atomic mass is 10.1. The van der Waals surface area contributed by atoms with Crippen LogP contribution in [0.4, 0.5) is 10.2 Å². The molecule has 0 aliphatic rings. The second kappa shape index (κ2) is 5.12. The third kappa shape index (κ3) is 2.47. The third-order valence-corrected chi connectivity index (χ3v) is 2.98. The van der Waals surface area contributed by atoms with Gasteiger partial charge in [-0.2, -0.15) is 0 Å². The first-order valence-corrected chi connectivity index (χ1v) is 5.87. The smallest absolute Gasteiger partial charge is 0.135 e. The molecule has 0 bridgehead atoms. The molecular weight excluding hydrogens is 229 g/mol. The molecule has 4 heteroatoms. The number of hydrogen-bond donors (Lipinski definition) is 1. The minimum absolute atomic E-state index is 0.217. The van der Waals surface area contributed by atoms with Gasteiger partial charge < -0.3 is 5.32 Å². The standard InChI is InChI=1S/C14H16FN3/c1-9-10(2)17-13(18-14(9)16-3)8-11-6-4-5-7-12(11)15/h4-7H,8H2,1-3H3,(H,16,17,18). The average Bonchev–Trinajstić information content (AvgIpc) is 2.36. The number of aromatic nitrogens is 2. The second-order valence-electron chi connectivity index (χ2n) is 4.22. The van der Waals surface area contributed by atoms with Crippen molar-refractivity contribution in [1.29, 1.82) is 0 Å². The molecule has 18 heavy (non-hydrogen) atoms. The first-order chi connectivity index (χ1) is 8.61. The van der Waals surface area contributed by atoms with Crippen LogP contribution in [0.5, 0.6) is 0 Å². The maximum atomic E-state index is 13.6. The van der Waals surface area contributed by atoms with Gasteiger partial charge in [-0.25, -0.2) is 14.4 Å². The van der Waals surface area contributed by atoms with E-state index in [1.807, 2.05) is 27.0 Å². The van der Waals surface area contributed by atoms with Crippen molar-refractivity contribution in [3.63, 3.8) is 0 Å². The van der Waals surface area contributed by atoms with Gasteiger partial charge >= 0.3 is 0 Å². The molecule has 0 spiro atoms. The lowest BCUT2D eigenvalue weighted by Gasteiger charge is -2.10. The van der Waals surface area contributed by atoms with Gasteiger partial charge in [-0.15, -0.1) is 0 Å². The van der Waals surface area contributed by atoms with Crippen molar-refractivity contribution >= 4 is 5.82 Å². The number of benzene rings is 1. The molecule has 3 nitrogen and oxygen atoms in total. The summed E-state index contributed by atoms with van der Waals surface area (Å²) in [5, 5.41) is 3.03. The summed E-state index contributed by atoms with van der Waals surface area (Å²) in [6.45, 7) is 3.90. The highest BCUT2D eigenvalue weighted by molar-refractivity contribution is 5.45. The topological polar surface area (TPSA) is 37.8 Å². The molecule has 0 aliphatic carbocycles. The summed E-state index contributed by atoms with van der Waals surface area (Å²) in [7, 11) is 1.82. The number of aryl methyl sites for hydroxylation is 1. The molecule has 0 amide bonds. The predicted octanol–water partition coefficient (Wildman–Crippen LogP) is 2.87. The van der Waals surface area contributed by atoms with Crippen LogP contribution >= 0.6 is 0 Å². The van der Waals surface area contributed by atoms with Gasteiger partial charge in [0.25, 0.3) is 0 Å². The Morgan fingerprint density at radius 3 is 2.56 bits per heavy atom. The van der Waals surface area contributed by atoms with Crippen LogP contribution in [0.15, 0.2) is 24.3 Å². The molecule has 1 aromatic heterocycles. The van der Waals surface area contributed by atoms with Crippen LogP contribution in [0.25, 0.3) is 0 Å². The molecule has 2 aromatic rings. The Labute approximate surface area is 106 Å². The number of halogens is 1. The molecule has 0 fully saturated rings. The van der Waals surface area contributed by atoms with E-state index in [9.17, 15) is 4.39 Å². The molecule has 1 heterocycles. The summed E-state index contributed by atoms with van der Waals surface area (Å²) < 4.78 is 13.6. The van der Waals surface area contributed by atoms with E-state index >= 15 is 0 Å². The highest BCUT2D eigenvalue weighted by Gasteiger charge is 2.09. The maximum absolute atomic E-state index is 13.6. The first-order valence-electron chi connectivity index (χ1n) is 5.87. The van der Waals surface area contributed by atoms with E-state index in [1.54, 1.807) is 12.1 Å². The lowest BCUT2D eigenvalue weighted by Crippen LogP contribution is -2.06. The quantitative estimate of drug-likeness (QED) is 0.903. The maximum Gasteiger partial charge on any atom is 0.135 e. The summed E-state index contributed by atoms with van der Waals surface area (Å²) in [6, 6.07) is 6.71. The van der Waals surface area contributed by atoms with E-state index in [0.717, 1.165) is 17.1 Å². The Morgan fingerprint density at radius 1 is 1.17 bits per heavy atom. The van der Waals surface area contributed by atoms with Gasteiger partial charge in [0, 0.05) is 24.7 Å². The number of hydrogen-bond acceptors (Lipinski definition) is 3. The highest BCUT2D eigenvalue weighted by Crippen LogP contribution is 2.17. The summed E-state index contributed by atoms with van der Waals surface area (Å²) >= 11 is 0. The van der Waals surface area contributed by atoms with Crippen LogP contribution in [0.1, 0.15) is 22.6 Å². The Kier molecular flexibility index (Phi) is 3.55. The summed E-state index contributed by atoms with van der Waals surface area (Å²) in [5.41, 5.74) is 2.55. The van der Waals surface area contributed by atoms with E-state index in [2.05, 4.69) is 15.3 Å². The van der Waals surface area contributed by atoms with E-state index in [0.29, 0.717) is 17.8 Å². The monoisotopic (exact) mass is 245 g/mol. The predicted molar refractivity (Wildman–Crippen MR) is 70.3 cm³/mol. The summed E-state index contributed by atoms with van der Waals surface area (Å²) in [5.74, 6) is 1.21. The fraction of sp³-hybridized carbons (Fsp3) is 0.286. The van der Waals surface area contributed by atoms with Gasteiger partial charge in [-0.1, -0.05) is 18.2 Å². The molecule has 94 valence electrons. The van der Waals surface area contributed by atoms with Crippen molar-refractivity contribution < 1.29 is 4.39 Å². The molecular formula is C14H16FN3. The fourth-order valence-electron chi connectivity index (χ4n) is 1.82. The molecule has 0 saturated heterocycles. The van der Waals surface area contributed by atoms with Gasteiger partial charge in [-0.3, -0.25) is 0 Å². The molecule has 1 aromatic carbocycles. The average molecular weight is 245 g/mol. The van der Waals surface area contributed by atoms with Crippen molar-refractivity contribution in [3.8, 4) is 0 Å². The van der Waals surface area contributed by atoms with Crippen molar-refractivity contribution in [3.05, 3.63) is 52.7 Å². The van der Waals surface area contributed by atoms with Gasteiger partial charge in [0.05, 0.1) is 0 Å². The minimum atomic E-state index is -0.217. The zero-order chi connectivity index (χ0) is 13.1. The molecule has 0 aliphatic heterocycles. The fourth-order valence-corrected chi connectivity index (χ4v) is 1.82.